The predicted octanol–water partition coefficient (Wildman–Crippen LogP) is 5.16. The molecule has 164 valence electrons. The van der Waals surface area contributed by atoms with Gasteiger partial charge in [0.15, 0.2) is 0 Å². The van der Waals surface area contributed by atoms with Crippen LogP contribution in [0.25, 0.3) is 0 Å². The molecule has 1 aliphatic heterocycles. The molecule has 0 fully saturated rings. The van der Waals surface area contributed by atoms with E-state index in [1.54, 1.807) is 24.3 Å². The zero-order chi connectivity index (χ0) is 22.4. The molecule has 0 saturated carbocycles. The summed E-state index contributed by atoms with van der Waals surface area (Å²) in [5.74, 6) is -1.91. The van der Waals surface area contributed by atoms with Crippen LogP contribution in [0.4, 0.5) is 23.7 Å². The highest BCUT2D eigenvalue weighted by Crippen LogP contribution is 2.29. The molecule has 0 bridgehead atoms. The van der Waals surface area contributed by atoms with Gasteiger partial charge < -0.3 is 9.64 Å². The van der Waals surface area contributed by atoms with E-state index < -0.39 is 18.2 Å². The van der Waals surface area contributed by atoms with Crippen molar-refractivity contribution in [3.8, 4) is 0 Å². The molecule has 0 unspecified atom stereocenters. The summed E-state index contributed by atoms with van der Waals surface area (Å²) < 4.78 is 45.4. The number of benzene rings is 2. The normalized spacial score (nSPS) is 14.1. The third-order valence-corrected chi connectivity index (χ3v) is 5.67. The van der Waals surface area contributed by atoms with Gasteiger partial charge in [-0.25, -0.2) is 4.79 Å². The number of para-hydroxylation sites is 1. The average molecular weight is 544 g/mol. The standard InChI is InChI=1S/C22H20F3IN2O3/c23-22(24,25)20(29)28(19-9-5-4-8-18(19)26)14-16-10-12-27(13-11-16)21(30)31-15-17-6-2-1-3-7-17/h1-10H,11-15H2. The molecule has 1 heterocycles. The van der Waals surface area contributed by atoms with Gasteiger partial charge in [0.05, 0.1) is 5.69 Å². The molecule has 0 spiro atoms. The summed E-state index contributed by atoms with van der Waals surface area (Å²) in [4.78, 5) is 26.6. The number of ether oxygens (including phenoxy) is 1. The fraction of sp³-hybridized carbons (Fsp3) is 0.273. The molecule has 5 nitrogen and oxygen atoms in total. The quantitative estimate of drug-likeness (QED) is 0.387. The van der Waals surface area contributed by atoms with Crippen LogP contribution in [0.5, 0.6) is 0 Å². The van der Waals surface area contributed by atoms with Crippen LogP contribution in [0.2, 0.25) is 0 Å². The second-order valence-corrected chi connectivity index (χ2v) is 8.10. The minimum Gasteiger partial charge on any atom is -0.445 e. The van der Waals surface area contributed by atoms with E-state index >= 15 is 0 Å². The number of rotatable bonds is 5. The molecule has 2 aromatic rings. The van der Waals surface area contributed by atoms with E-state index in [2.05, 4.69) is 0 Å². The Balaban J connectivity index is 1.65. The molecular weight excluding hydrogens is 524 g/mol. The van der Waals surface area contributed by atoms with Crippen LogP contribution in [0.3, 0.4) is 0 Å². The van der Waals surface area contributed by atoms with Gasteiger partial charge in [-0.1, -0.05) is 54.1 Å². The number of carbonyl (C=O) groups is 2. The lowest BCUT2D eigenvalue weighted by Gasteiger charge is -2.30. The third-order valence-electron chi connectivity index (χ3n) is 4.76. The maximum absolute atomic E-state index is 13.2. The summed E-state index contributed by atoms with van der Waals surface area (Å²) in [5.41, 5.74) is 1.73. The summed E-state index contributed by atoms with van der Waals surface area (Å²) in [5, 5.41) is 0. The second kappa shape index (κ2) is 10.2. The van der Waals surface area contributed by atoms with Gasteiger partial charge in [0.25, 0.3) is 0 Å². The molecule has 0 atom stereocenters. The Morgan fingerprint density at radius 2 is 1.74 bits per heavy atom. The van der Waals surface area contributed by atoms with Crippen LogP contribution < -0.4 is 4.90 Å². The first-order valence-corrected chi connectivity index (χ1v) is 10.6. The van der Waals surface area contributed by atoms with Crippen LogP contribution in [0, 0.1) is 3.57 Å². The maximum Gasteiger partial charge on any atom is 0.471 e. The molecule has 0 N–H and O–H groups in total. The van der Waals surface area contributed by atoms with Crippen molar-refractivity contribution in [1.82, 2.24) is 4.90 Å². The number of hydrogen-bond acceptors (Lipinski definition) is 3. The number of hydrogen-bond donors (Lipinski definition) is 0. The summed E-state index contributed by atoms with van der Waals surface area (Å²) in [6.45, 7) is 0.473. The number of halogens is 4. The first kappa shape index (κ1) is 23.1. The molecule has 9 heteroatoms. The van der Waals surface area contributed by atoms with E-state index in [0.29, 0.717) is 22.1 Å². The molecule has 3 rings (SSSR count). The largest absolute Gasteiger partial charge is 0.471 e. The predicted molar refractivity (Wildman–Crippen MR) is 118 cm³/mol. The molecule has 1 aliphatic rings. The van der Waals surface area contributed by atoms with Crippen LogP contribution >= 0.6 is 22.6 Å². The van der Waals surface area contributed by atoms with Crippen molar-refractivity contribution in [2.45, 2.75) is 19.2 Å². The summed E-state index contributed by atoms with van der Waals surface area (Å²) in [6, 6.07) is 15.7. The number of carbonyl (C=O) groups excluding carboxylic acids is 2. The second-order valence-electron chi connectivity index (χ2n) is 6.94. The van der Waals surface area contributed by atoms with E-state index in [9.17, 15) is 22.8 Å². The van der Waals surface area contributed by atoms with E-state index in [-0.39, 0.29) is 25.4 Å². The van der Waals surface area contributed by atoms with Crippen molar-refractivity contribution in [3.63, 3.8) is 0 Å². The van der Waals surface area contributed by atoms with Gasteiger partial charge in [0.2, 0.25) is 0 Å². The topological polar surface area (TPSA) is 49.9 Å². The Bertz CT molecular complexity index is 964. The molecule has 0 saturated heterocycles. The smallest absolute Gasteiger partial charge is 0.445 e. The Kier molecular flexibility index (Phi) is 7.58. The lowest BCUT2D eigenvalue weighted by molar-refractivity contribution is -0.170. The van der Waals surface area contributed by atoms with Crippen LogP contribution in [0.1, 0.15) is 12.0 Å². The van der Waals surface area contributed by atoms with Crippen molar-refractivity contribution >= 4 is 40.3 Å². The third kappa shape index (κ3) is 6.22. The van der Waals surface area contributed by atoms with Crippen molar-refractivity contribution in [3.05, 3.63) is 75.4 Å². The van der Waals surface area contributed by atoms with Crippen molar-refractivity contribution in [2.75, 3.05) is 24.5 Å². The van der Waals surface area contributed by atoms with Crippen molar-refractivity contribution in [2.24, 2.45) is 0 Å². The lowest BCUT2D eigenvalue weighted by Crippen LogP contribution is -2.44. The molecule has 31 heavy (non-hydrogen) atoms. The summed E-state index contributed by atoms with van der Waals surface area (Å²) in [6.07, 6.45) is -3.44. The van der Waals surface area contributed by atoms with Gasteiger partial charge in [0, 0.05) is 23.2 Å². The Morgan fingerprint density at radius 1 is 1.06 bits per heavy atom. The van der Waals surface area contributed by atoms with E-state index in [0.717, 1.165) is 10.5 Å². The monoisotopic (exact) mass is 544 g/mol. The highest BCUT2D eigenvalue weighted by molar-refractivity contribution is 14.1. The highest BCUT2D eigenvalue weighted by atomic mass is 127. The fourth-order valence-corrected chi connectivity index (χ4v) is 3.80. The van der Waals surface area contributed by atoms with Gasteiger partial charge >= 0.3 is 18.2 Å². The maximum atomic E-state index is 13.2. The first-order valence-electron chi connectivity index (χ1n) is 9.52. The summed E-state index contributed by atoms with van der Waals surface area (Å²) in [7, 11) is 0. The molecule has 2 amide bonds. The van der Waals surface area contributed by atoms with E-state index in [1.807, 2.05) is 52.9 Å². The zero-order valence-electron chi connectivity index (χ0n) is 16.4. The molecule has 0 aliphatic carbocycles. The minimum absolute atomic E-state index is 0.146. The van der Waals surface area contributed by atoms with E-state index in [1.165, 1.54) is 11.0 Å². The summed E-state index contributed by atoms with van der Waals surface area (Å²) >= 11 is 1.91. The number of alkyl halides is 3. The first-order chi connectivity index (χ1) is 14.8. The highest BCUT2D eigenvalue weighted by Gasteiger charge is 2.43. The lowest BCUT2D eigenvalue weighted by atomic mass is 10.1. The van der Waals surface area contributed by atoms with Gasteiger partial charge in [0.1, 0.15) is 6.61 Å². The molecule has 0 aromatic heterocycles. The number of nitrogens with zero attached hydrogens (tertiary/aromatic N) is 2. The Hall–Kier alpha value is -2.56. The van der Waals surface area contributed by atoms with Crippen LogP contribution in [0.15, 0.2) is 66.2 Å². The van der Waals surface area contributed by atoms with Gasteiger partial charge in [-0.2, -0.15) is 13.2 Å². The Morgan fingerprint density at radius 3 is 2.35 bits per heavy atom. The van der Waals surface area contributed by atoms with Gasteiger partial charge in [-0.15, -0.1) is 0 Å². The van der Waals surface area contributed by atoms with Gasteiger partial charge in [-0.05, 0) is 46.7 Å². The fourth-order valence-electron chi connectivity index (χ4n) is 3.12. The molecule has 2 aromatic carbocycles. The molecule has 0 radical (unpaired) electrons. The Labute approximate surface area is 191 Å². The molecular formula is C22H20F3IN2O3. The zero-order valence-corrected chi connectivity index (χ0v) is 18.6. The van der Waals surface area contributed by atoms with Crippen LogP contribution in [-0.2, 0) is 16.1 Å². The number of amides is 2. The van der Waals surface area contributed by atoms with Crippen LogP contribution in [-0.4, -0.2) is 42.7 Å². The average Bonchev–Trinajstić information content (AvgIpc) is 2.76. The minimum atomic E-state index is -4.98. The van der Waals surface area contributed by atoms with Crippen molar-refractivity contribution in [1.29, 1.82) is 0 Å². The van der Waals surface area contributed by atoms with Crippen molar-refractivity contribution < 1.29 is 27.5 Å². The SMILES string of the molecule is O=C(OCc1ccccc1)N1CC=C(CN(C(=O)C(F)(F)F)c2ccccc2I)CC1. The van der Waals surface area contributed by atoms with Gasteiger partial charge in [-0.3, -0.25) is 9.69 Å². The van der Waals surface area contributed by atoms with E-state index in [4.69, 9.17) is 4.74 Å². The number of anilines is 1.